The van der Waals surface area contributed by atoms with Gasteiger partial charge in [0.05, 0.1) is 28.4 Å². The smallest absolute Gasteiger partial charge is 0.203 e. The summed E-state index contributed by atoms with van der Waals surface area (Å²) in [6.07, 6.45) is 0. The number of methoxy groups -OCH3 is 4. The molecule has 2 aromatic rings. The van der Waals surface area contributed by atoms with Crippen molar-refractivity contribution in [2.24, 2.45) is 0 Å². The topological polar surface area (TPSA) is 36.9 Å². The van der Waals surface area contributed by atoms with Crippen molar-refractivity contribution in [3.63, 3.8) is 0 Å². The lowest BCUT2D eigenvalue weighted by Crippen LogP contribution is -1.95. The molecule has 0 bridgehead atoms. The summed E-state index contributed by atoms with van der Waals surface area (Å²) in [4.78, 5) is 0. The van der Waals surface area contributed by atoms with Crippen LogP contribution < -0.4 is 18.9 Å². The zero-order valence-corrected chi connectivity index (χ0v) is 12.1. The van der Waals surface area contributed by atoms with Crippen molar-refractivity contribution in [3.8, 4) is 34.1 Å². The van der Waals surface area contributed by atoms with Crippen molar-refractivity contribution in [2.75, 3.05) is 28.4 Å². The van der Waals surface area contributed by atoms with Gasteiger partial charge in [0.15, 0.2) is 11.5 Å². The minimum atomic E-state index is 0.590. The second-order valence-electron chi connectivity index (χ2n) is 4.14. The van der Waals surface area contributed by atoms with E-state index in [-0.39, 0.29) is 0 Å². The Morgan fingerprint density at radius 2 is 1.15 bits per heavy atom. The number of hydrogen-bond acceptors (Lipinski definition) is 4. The van der Waals surface area contributed by atoms with Crippen molar-refractivity contribution >= 4 is 0 Å². The van der Waals surface area contributed by atoms with Crippen LogP contribution in [-0.2, 0) is 0 Å². The van der Waals surface area contributed by atoms with Crippen LogP contribution in [0.3, 0.4) is 0 Å². The van der Waals surface area contributed by atoms with Crippen molar-refractivity contribution in [3.05, 3.63) is 36.4 Å². The Morgan fingerprint density at radius 3 is 1.55 bits per heavy atom. The van der Waals surface area contributed by atoms with E-state index in [2.05, 4.69) is 0 Å². The highest BCUT2D eigenvalue weighted by Gasteiger charge is 2.13. The summed E-state index contributed by atoms with van der Waals surface area (Å²) in [5.74, 6) is 2.68. The van der Waals surface area contributed by atoms with Crippen LogP contribution in [0.4, 0.5) is 0 Å². The van der Waals surface area contributed by atoms with E-state index in [1.165, 1.54) is 0 Å². The fourth-order valence-corrected chi connectivity index (χ4v) is 2.03. The van der Waals surface area contributed by atoms with Crippen LogP contribution in [0, 0.1) is 0 Å². The number of hydrogen-bond donors (Lipinski definition) is 0. The van der Waals surface area contributed by atoms with Gasteiger partial charge in [-0.1, -0.05) is 12.1 Å². The molecule has 0 heterocycles. The van der Waals surface area contributed by atoms with E-state index in [1.807, 2.05) is 36.4 Å². The van der Waals surface area contributed by atoms with Crippen molar-refractivity contribution in [1.29, 1.82) is 0 Å². The van der Waals surface area contributed by atoms with Gasteiger partial charge >= 0.3 is 0 Å². The molecule has 0 saturated carbocycles. The molecule has 0 atom stereocenters. The molecule has 0 N–H and O–H groups in total. The lowest BCUT2D eigenvalue weighted by molar-refractivity contribution is 0.324. The Labute approximate surface area is 118 Å². The molecular weight excluding hydrogens is 256 g/mol. The zero-order chi connectivity index (χ0) is 14.5. The molecule has 0 unspecified atom stereocenters. The highest BCUT2D eigenvalue weighted by Crippen LogP contribution is 2.41. The van der Waals surface area contributed by atoms with Crippen LogP contribution in [0.2, 0.25) is 0 Å². The fraction of sp³-hybridized carbons (Fsp3) is 0.250. The predicted octanol–water partition coefficient (Wildman–Crippen LogP) is 3.39. The van der Waals surface area contributed by atoms with Crippen LogP contribution in [0.1, 0.15) is 0 Å². The summed E-state index contributed by atoms with van der Waals surface area (Å²) in [7, 11) is 6.45. The highest BCUT2D eigenvalue weighted by molar-refractivity contribution is 5.71. The molecule has 0 aliphatic carbocycles. The molecule has 106 valence electrons. The SMILES string of the molecule is COc1ccc(-c2cc(OC)c(OC)c(OC)c2)cc1. The van der Waals surface area contributed by atoms with E-state index in [0.29, 0.717) is 17.2 Å². The van der Waals surface area contributed by atoms with E-state index in [4.69, 9.17) is 18.9 Å². The summed E-state index contributed by atoms with van der Waals surface area (Å²) in [6, 6.07) is 11.6. The summed E-state index contributed by atoms with van der Waals surface area (Å²) >= 11 is 0. The van der Waals surface area contributed by atoms with E-state index < -0.39 is 0 Å². The van der Waals surface area contributed by atoms with E-state index in [0.717, 1.165) is 16.9 Å². The van der Waals surface area contributed by atoms with E-state index in [9.17, 15) is 0 Å². The first-order valence-corrected chi connectivity index (χ1v) is 6.18. The van der Waals surface area contributed by atoms with E-state index in [1.54, 1.807) is 28.4 Å². The van der Waals surface area contributed by atoms with Gasteiger partial charge in [-0.2, -0.15) is 0 Å². The molecule has 4 heteroatoms. The molecule has 2 rings (SSSR count). The van der Waals surface area contributed by atoms with Gasteiger partial charge in [0.2, 0.25) is 5.75 Å². The molecule has 0 radical (unpaired) electrons. The average molecular weight is 274 g/mol. The third-order valence-corrected chi connectivity index (χ3v) is 3.09. The number of rotatable bonds is 5. The number of ether oxygens (including phenoxy) is 4. The Balaban J connectivity index is 2.50. The van der Waals surface area contributed by atoms with Gasteiger partial charge in [-0.05, 0) is 35.4 Å². The van der Waals surface area contributed by atoms with Gasteiger partial charge in [0.1, 0.15) is 5.75 Å². The van der Waals surface area contributed by atoms with Gasteiger partial charge in [0, 0.05) is 0 Å². The fourth-order valence-electron chi connectivity index (χ4n) is 2.03. The first-order valence-electron chi connectivity index (χ1n) is 6.18. The van der Waals surface area contributed by atoms with Crippen molar-refractivity contribution in [1.82, 2.24) is 0 Å². The lowest BCUT2D eigenvalue weighted by Gasteiger charge is -2.14. The van der Waals surface area contributed by atoms with Gasteiger partial charge in [0.25, 0.3) is 0 Å². The number of benzene rings is 2. The van der Waals surface area contributed by atoms with Crippen LogP contribution in [0.25, 0.3) is 11.1 Å². The minimum absolute atomic E-state index is 0.590. The molecule has 0 amide bonds. The van der Waals surface area contributed by atoms with Crippen LogP contribution >= 0.6 is 0 Å². The maximum atomic E-state index is 5.36. The summed E-state index contributed by atoms with van der Waals surface area (Å²) in [6.45, 7) is 0. The normalized spacial score (nSPS) is 10.0. The molecule has 0 aromatic heterocycles. The monoisotopic (exact) mass is 274 g/mol. The zero-order valence-electron chi connectivity index (χ0n) is 12.1. The predicted molar refractivity (Wildman–Crippen MR) is 78.1 cm³/mol. The maximum absolute atomic E-state index is 5.36. The summed E-state index contributed by atoms with van der Waals surface area (Å²) in [5, 5.41) is 0. The molecule has 2 aromatic carbocycles. The molecule has 0 spiro atoms. The first-order chi connectivity index (χ1) is 9.73. The molecule has 0 aliphatic rings. The molecule has 0 aliphatic heterocycles. The molecule has 20 heavy (non-hydrogen) atoms. The lowest BCUT2D eigenvalue weighted by atomic mass is 10.0. The highest BCUT2D eigenvalue weighted by atomic mass is 16.5. The standard InChI is InChI=1S/C16H18O4/c1-17-13-7-5-11(6-8-13)12-9-14(18-2)16(20-4)15(10-12)19-3/h5-10H,1-4H3. The Hall–Kier alpha value is -2.36. The summed E-state index contributed by atoms with van der Waals surface area (Å²) in [5.41, 5.74) is 2.03. The Morgan fingerprint density at radius 1 is 0.600 bits per heavy atom. The second-order valence-corrected chi connectivity index (χ2v) is 4.14. The molecular formula is C16H18O4. The molecule has 0 saturated heterocycles. The molecule has 0 fully saturated rings. The Kier molecular flexibility index (Phi) is 4.35. The second kappa shape index (κ2) is 6.19. The van der Waals surface area contributed by atoms with Gasteiger partial charge in [-0.3, -0.25) is 0 Å². The minimum Gasteiger partial charge on any atom is -0.497 e. The van der Waals surface area contributed by atoms with Crippen molar-refractivity contribution < 1.29 is 18.9 Å². The first kappa shape index (κ1) is 14.1. The van der Waals surface area contributed by atoms with Crippen LogP contribution in [0.5, 0.6) is 23.0 Å². The quantitative estimate of drug-likeness (QED) is 0.837. The van der Waals surface area contributed by atoms with Crippen molar-refractivity contribution in [2.45, 2.75) is 0 Å². The van der Waals surface area contributed by atoms with Gasteiger partial charge in [-0.25, -0.2) is 0 Å². The molecule has 4 nitrogen and oxygen atoms in total. The van der Waals surface area contributed by atoms with Crippen LogP contribution in [0.15, 0.2) is 36.4 Å². The third kappa shape index (κ3) is 2.64. The van der Waals surface area contributed by atoms with Gasteiger partial charge in [-0.15, -0.1) is 0 Å². The Bertz CT molecular complexity index is 551. The summed E-state index contributed by atoms with van der Waals surface area (Å²) < 4.78 is 21.2. The average Bonchev–Trinajstić information content (AvgIpc) is 2.53. The van der Waals surface area contributed by atoms with E-state index >= 15 is 0 Å². The maximum Gasteiger partial charge on any atom is 0.203 e. The van der Waals surface area contributed by atoms with Crippen LogP contribution in [-0.4, -0.2) is 28.4 Å². The van der Waals surface area contributed by atoms with Gasteiger partial charge < -0.3 is 18.9 Å². The third-order valence-electron chi connectivity index (χ3n) is 3.09. The largest absolute Gasteiger partial charge is 0.497 e.